The number of hydrogen-bond acceptors (Lipinski definition) is 5. The summed E-state index contributed by atoms with van der Waals surface area (Å²) in [5, 5.41) is 1.89. The normalized spacial score (nSPS) is 44.7. The lowest BCUT2D eigenvalue weighted by Crippen LogP contribution is -2.79. The van der Waals surface area contributed by atoms with Gasteiger partial charge >= 0.3 is 0 Å². The van der Waals surface area contributed by atoms with E-state index >= 15 is 0 Å². The van der Waals surface area contributed by atoms with Gasteiger partial charge in [-0.1, -0.05) is 0 Å². The van der Waals surface area contributed by atoms with Crippen LogP contribution in [0.3, 0.4) is 0 Å². The largest absolute Gasteiger partial charge is 0.344 e. The van der Waals surface area contributed by atoms with E-state index in [0.29, 0.717) is 6.61 Å². The molecule has 0 radical (unpaired) electrons. The topological polar surface area (TPSA) is 94.5 Å². The first-order valence-corrected chi connectivity index (χ1v) is 6.76. The van der Waals surface area contributed by atoms with Crippen LogP contribution in [0.25, 0.3) is 5.53 Å². The fraction of sp³-hybridized carbons (Fsp3) is 1.00. The van der Waals surface area contributed by atoms with Gasteiger partial charge in [0, 0.05) is 0 Å². The highest BCUT2D eigenvalue weighted by molar-refractivity contribution is 5.03. The Hall–Kier alpha value is -0.800. The summed E-state index contributed by atoms with van der Waals surface area (Å²) in [5.74, 6) is -2.50. The fourth-order valence-corrected chi connectivity index (χ4v) is 3.14. The van der Waals surface area contributed by atoms with Gasteiger partial charge in [0.1, 0.15) is 18.3 Å². The Kier molecular flexibility index (Phi) is 3.07. The third-order valence-electron chi connectivity index (χ3n) is 3.69. The summed E-state index contributed by atoms with van der Waals surface area (Å²) in [6.45, 7) is 7.92. The van der Waals surface area contributed by atoms with Crippen LogP contribution in [0.1, 0.15) is 27.7 Å². The number of nitrogens with zero attached hydrogens (tertiary/aromatic N) is 1. The van der Waals surface area contributed by atoms with Crippen molar-refractivity contribution in [1.82, 2.24) is 5.43 Å². The Labute approximate surface area is 117 Å². The second-order valence-corrected chi connectivity index (χ2v) is 6.27. The van der Waals surface area contributed by atoms with Crippen LogP contribution in [0.2, 0.25) is 0 Å². The second kappa shape index (κ2) is 4.35. The number of rotatable bonds is 3. The van der Waals surface area contributed by atoms with Gasteiger partial charge < -0.3 is 23.7 Å². The Morgan fingerprint density at radius 2 is 1.90 bits per heavy atom. The van der Waals surface area contributed by atoms with Gasteiger partial charge in [-0.15, -0.1) is 0 Å². The number of fused-ring (bicyclic) bond motifs is 3. The molecule has 4 atom stereocenters. The smallest absolute Gasteiger partial charge is 0.204 e. The van der Waals surface area contributed by atoms with E-state index in [0.717, 1.165) is 0 Å². The predicted molar refractivity (Wildman–Crippen MR) is 64.9 cm³/mol. The van der Waals surface area contributed by atoms with Gasteiger partial charge in [0.15, 0.2) is 11.6 Å². The third-order valence-corrected chi connectivity index (χ3v) is 3.69. The molecule has 3 rings (SSSR count). The standard InChI is InChI=1S/C12H21N3O5/c1-10(2)17-7-5-16-12(6-14-15-13)9(8(7)18-10)19-11(3,4)20-12/h7-9,15H,5-6H2,1-4H3,(H-,13,14)/t7-,8-,9-,12+/m1/s1. The van der Waals surface area contributed by atoms with E-state index in [2.05, 4.69) is 5.43 Å². The highest BCUT2D eigenvalue weighted by Crippen LogP contribution is 2.46. The maximum Gasteiger partial charge on any atom is 0.204 e. The molecular formula is C12H21N3O5. The molecule has 0 saturated carbocycles. The van der Waals surface area contributed by atoms with Gasteiger partial charge in [-0.25, -0.2) is 0 Å². The van der Waals surface area contributed by atoms with Crippen molar-refractivity contribution in [3.05, 3.63) is 5.53 Å². The fourth-order valence-electron chi connectivity index (χ4n) is 3.14. The monoisotopic (exact) mass is 287 g/mol. The van der Waals surface area contributed by atoms with Gasteiger partial charge in [-0.05, 0) is 27.7 Å². The molecule has 2 N–H and O–H groups in total. The molecule has 0 aliphatic carbocycles. The molecule has 0 aromatic heterocycles. The van der Waals surface area contributed by atoms with E-state index in [1.54, 1.807) is 0 Å². The molecule has 0 aromatic rings. The van der Waals surface area contributed by atoms with E-state index in [1.807, 2.05) is 32.9 Å². The van der Waals surface area contributed by atoms with Crippen molar-refractivity contribution in [2.75, 3.05) is 13.2 Å². The van der Waals surface area contributed by atoms with Crippen molar-refractivity contribution in [2.24, 2.45) is 0 Å². The van der Waals surface area contributed by atoms with Crippen molar-refractivity contribution in [3.63, 3.8) is 0 Å². The third kappa shape index (κ3) is 2.21. The highest BCUT2D eigenvalue weighted by atomic mass is 16.9. The molecule has 0 bridgehead atoms. The Balaban J connectivity index is 1.87. The van der Waals surface area contributed by atoms with Crippen LogP contribution in [0.15, 0.2) is 0 Å². The van der Waals surface area contributed by atoms with Gasteiger partial charge in [-0.2, -0.15) is 10.8 Å². The van der Waals surface area contributed by atoms with Crippen LogP contribution >= 0.6 is 0 Å². The van der Waals surface area contributed by atoms with E-state index < -0.39 is 23.5 Å². The lowest BCUT2D eigenvalue weighted by molar-refractivity contribution is -0.555. The summed E-state index contributed by atoms with van der Waals surface area (Å²) in [4.78, 5) is 0. The summed E-state index contributed by atoms with van der Waals surface area (Å²) in [7, 11) is 0. The Morgan fingerprint density at radius 3 is 2.60 bits per heavy atom. The molecule has 0 aromatic carbocycles. The molecule has 8 nitrogen and oxygen atoms in total. The number of ether oxygens (including phenoxy) is 5. The van der Waals surface area contributed by atoms with Crippen LogP contribution in [-0.4, -0.2) is 48.8 Å². The second-order valence-electron chi connectivity index (χ2n) is 6.27. The minimum absolute atomic E-state index is 0.192. The minimum Gasteiger partial charge on any atom is -0.344 e. The summed E-state index contributed by atoms with van der Waals surface area (Å²) >= 11 is 0. The molecule has 3 saturated heterocycles. The zero-order valence-electron chi connectivity index (χ0n) is 12.1. The summed E-state index contributed by atoms with van der Waals surface area (Å²) < 4.78 is 29.5. The SMILES string of the molecule is CC1(C)O[C@H]2[C@H]3OC(C)(C)O[C@]3(CN[NH+]=[N-])OC[C@H]2O1. The predicted octanol–water partition coefficient (Wildman–Crippen LogP) is -1.01. The van der Waals surface area contributed by atoms with Crippen LogP contribution in [0, 0.1) is 0 Å². The van der Waals surface area contributed by atoms with Crippen LogP contribution in [0.4, 0.5) is 0 Å². The minimum atomic E-state index is -1.02. The molecule has 0 unspecified atom stereocenters. The summed E-state index contributed by atoms with van der Waals surface area (Å²) in [5.41, 5.74) is 11.3. The Bertz CT molecular complexity index is 416. The molecule has 0 amide bonds. The number of hydrogen-bond donors (Lipinski definition) is 2. The van der Waals surface area contributed by atoms with Crippen molar-refractivity contribution in [1.29, 1.82) is 0 Å². The molecule has 0 spiro atoms. The summed E-state index contributed by atoms with van der Waals surface area (Å²) in [6, 6.07) is 0. The molecule has 3 fully saturated rings. The average Bonchev–Trinajstić information content (AvgIpc) is 2.78. The molecule has 3 aliphatic rings. The van der Waals surface area contributed by atoms with E-state index in [4.69, 9.17) is 29.2 Å². The molecule has 3 aliphatic heterocycles. The van der Waals surface area contributed by atoms with E-state index in [9.17, 15) is 0 Å². The van der Waals surface area contributed by atoms with Crippen LogP contribution in [-0.2, 0) is 23.7 Å². The van der Waals surface area contributed by atoms with Gasteiger partial charge in [-0.3, -0.25) is 5.43 Å². The molecule has 8 heteroatoms. The molecule has 114 valence electrons. The van der Waals surface area contributed by atoms with Crippen LogP contribution < -0.4 is 10.6 Å². The number of nitrogens with one attached hydrogen (secondary N) is 2. The van der Waals surface area contributed by atoms with Crippen molar-refractivity contribution in [3.8, 4) is 0 Å². The first-order chi connectivity index (χ1) is 9.27. The summed E-state index contributed by atoms with van der Waals surface area (Å²) in [6.07, 6.45) is -0.914. The quantitative estimate of drug-likeness (QED) is 0.510. The maximum absolute atomic E-state index is 8.75. The maximum atomic E-state index is 8.75. The van der Waals surface area contributed by atoms with Gasteiger partial charge in [0.05, 0.1) is 13.2 Å². The highest BCUT2D eigenvalue weighted by Gasteiger charge is 2.64. The van der Waals surface area contributed by atoms with E-state index in [1.165, 1.54) is 0 Å². The average molecular weight is 287 g/mol. The zero-order chi connectivity index (χ0) is 14.6. The van der Waals surface area contributed by atoms with Crippen LogP contribution in [0.5, 0.6) is 0 Å². The van der Waals surface area contributed by atoms with E-state index in [-0.39, 0.29) is 18.8 Å². The van der Waals surface area contributed by atoms with Gasteiger partial charge in [0.2, 0.25) is 5.79 Å². The molecule has 3 heterocycles. The number of hydrazine groups is 1. The molecule has 20 heavy (non-hydrogen) atoms. The first kappa shape index (κ1) is 14.2. The first-order valence-electron chi connectivity index (χ1n) is 6.76. The van der Waals surface area contributed by atoms with Crippen molar-refractivity contribution < 1.29 is 28.9 Å². The van der Waals surface area contributed by atoms with Crippen molar-refractivity contribution >= 4 is 0 Å². The zero-order valence-corrected chi connectivity index (χ0v) is 12.1. The molecular weight excluding hydrogens is 266 g/mol. The lowest BCUT2D eigenvalue weighted by atomic mass is 9.97. The van der Waals surface area contributed by atoms with Crippen molar-refractivity contribution in [2.45, 2.75) is 63.4 Å². The lowest BCUT2D eigenvalue weighted by Gasteiger charge is -2.41. The Morgan fingerprint density at radius 1 is 1.15 bits per heavy atom. The van der Waals surface area contributed by atoms with Gasteiger partial charge in [0.25, 0.3) is 0 Å².